The zero-order valence-electron chi connectivity index (χ0n) is 12.9. The van der Waals surface area contributed by atoms with Crippen molar-refractivity contribution in [2.75, 3.05) is 0 Å². The van der Waals surface area contributed by atoms with Crippen LogP contribution in [0.4, 0.5) is 0 Å². The number of hydrogen-bond acceptors (Lipinski definition) is 2. The summed E-state index contributed by atoms with van der Waals surface area (Å²) in [7, 11) is 0. The molecule has 1 saturated carbocycles. The van der Waals surface area contributed by atoms with Crippen LogP contribution in [0.2, 0.25) is 0 Å². The van der Waals surface area contributed by atoms with E-state index in [2.05, 4.69) is 16.9 Å². The van der Waals surface area contributed by atoms with Crippen LogP contribution in [0.15, 0.2) is 30.3 Å². The molecule has 0 saturated heterocycles. The topological polar surface area (TPSA) is 66.0 Å². The second-order valence-corrected chi connectivity index (χ2v) is 6.46. The predicted octanol–water partition coefficient (Wildman–Crippen LogP) is 4.39. The number of aromatic carboxylic acids is 1. The van der Waals surface area contributed by atoms with E-state index in [1.54, 1.807) is 0 Å². The SMILES string of the molecule is CC1(c2nc(C(=O)O)c(-c3ccccc3)[nH]2)CCCCCC1. The third-order valence-electron chi connectivity index (χ3n) is 4.75. The molecule has 116 valence electrons. The van der Waals surface area contributed by atoms with E-state index in [-0.39, 0.29) is 11.1 Å². The number of nitrogens with zero attached hydrogens (tertiary/aromatic N) is 1. The Morgan fingerprint density at radius 2 is 1.77 bits per heavy atom. The van der Waals surface area contributed by atoms with Gasteiger partial charge in [-0.3, -0.25) is 0 Å². The summed E-state index contributed by atoms with van der Waals surface area (Å²) in [5, 5.41) is 9.50. The number of H-pyrrole nitrogens is 1. The maximum absolute atomic E-state index is 11.6. The first-order chi connectivity index (χ1) is 10.6. The molecule has 0 unspecified atom stereocenters. The smallest absolute Gasteiger partial charge is 0.356 e. The Morgan fingerprint density at radius 3 is 2.36 bits per heavy atom. The van der Waals surface area contributed by atoms with Crippen molar-refractivity contribution in [3.8, 4) is 11.3 Å². The average molecular weight is 298 g/mol. The van der Waals surface area contributed by atoms with E-state index in [1.807, 2.05) is 30.3 Å². The number of aromatic nitrogens is 2. The Hall–Kier alpha value is -2.10. The fourth-order valence-electron chi connectivity index (χ4n) is 3.37. The molecule has 0 bridgehead atoms. The van der Waals surface area contributed by atoms with Crippen LogP contribution in [0.1, 0.15) is 61.8 Å². The highest BCUT2D eigenvalue weighted by Gasteiger charge is 2.32. The highest BCUT2D eigenvalue weighted by Crippen LogP contribution is 2.38. The van der Waals surface area contributed by atoms with E-state index in [0.717, 1.165) is 24.2 Å². The lowest BCUT2D eigenvalue weighted by atomic mass is 9.82. The summed E-state index contributed by atoms with van der Waals surface area (Å²) >= 11 is 0. The molecular weight excluding hydrogens is 276 g/mol. The van der Waals surface area contributed by atoms with Crippen molar-refractivity contribution in [3.05, 3.63) is 41.9 Å². The maximum Gasteiger partial charge on any atom is 0.356 e. The van der Waals surface area contributed by atoms with Gasteiger partial charge in [0.15, 0.2) is 5.69 Å². The Morgan fingerprint density at radius 1 is 1.14 bits per heavy atom. The molecule has 0 spiro atoms. The van der Waals surface area contributed by atoms with Crippen LogP contribution in [0.5, 0.6) is 0 Å². The van der Waals surface area contributed by atoms with Crippen LogP contribution in [0.25, 0.3) is 11.3 Å². The molecule has 2 aromatic rings. The summed E-state index contributed by atoms with van der Waals surface area (Å²) in [6, 6.07) is 9.58. The largest absolute Gasteiger partial charge is 0.476 e. The first-order valence-corrected chi connectivity index (χ1v) is 7.99. The van der Waals surface area contributed by atoms with Crippen molar-refractivity contribution in [3.63, 3.8) is 0 Å². The van der Waals surface area contributed by atoms with E-state index in [1.165, 1.54) is 25.7 Å². The number of carbonyl (C=O) groups is 1. The van der Waals surface area contributed by atoms with Crippen molar-refractivity contribution < 1.29 is 9.90 Å². The highest BCUT2D eigenvalue weighted by atomic mass is 16.4. The average Bonchev–Trinajstić information content (AvgIpc) is 2.87. The molecule has 1 aromatic heterocycles. The van der Waals surface area contributed by atoms with Gasteiger partial charge in [0.1, 0.15) is 5.82 Å². The van der Waals surface area contributed by atoms with Crippen molar-refractivity contribution in [2.24, 2.45) is 0 Å². The number of rotatable bonds is 3. The molecule has 2 N–H and O–H groups in total. The number of aromatic amines is 1. The van der Waals surface area contributed by atoms with Gasteiger partial charge in [-0.1, -0.05) is 62.9 Å². The Labute approximate surface area is 130 Å². The summed E-state index contributed by atoms with van der Waals surface area (Å²) < 4.78 is 0. The zero-order valence-corrected chi connectivity index (χ0v) is 12.9. The fraction of sp³-hybridized carbons (Fsp3) is 0.444. The quantitative estimate of drug-likeness (QED) is 0.826. The minimum atomic E-state index is -0.974. The van der Waals surface area contributed by atoms with Gasteiger partial charge >= 0.3 is 5.97 Å². The fourth-order valence-corrected chi connectivity index (χ4v) is 3.37. The van der Waals surface area contributed by atoms with Crippen LogP contribution in [-0.2, 0) is 5.41 Å². The Kier molecular flexibility index (Phi) is 4.01. The first kappa shape index (κ1) is 14.8. The molecule has 0 atom stereocenters. The zero-order chi connectivity index (χ0) is 15.6. The molecule has 3 rings (SSSR count). The van der Waals surface area contributed by atoms with Crippen molar-refractivity contribution >= 4 is 5.97 Å². The number of carboxylic acid groups (broad SMARTS) is 1. The summed E-state index contributed by atoms with van der Waals surface area (Å²) in [5.41, 5.74) is 1.57. The minimum Gasteiger partial charge on any atom is -0.476 e. The van der Waals surface area contributed by atoms with E-state index < -0.39 is 5.97 Å². The van der Waals surface area contributed by atoms with Crippen molar-refractivity contribution in [1.82, 2.24) is 9.97 Å². The van der Waals surface area contributed by atoms with Gasteiger partial charge in [-0.2, -0.15) is 0 Å². The molecule has 22 heavy (non-hydrogen) atoms. The molecule has 1 aliphatic carbocycles. The molecule has 1 aromatic carbocycles. The van der Waals surface area contributed by atoms with Gasteiger partial charge in [0, 0.05) is 11.0 Å². The second-order valence-electron chi connectivity index (χ2n) is 6.46. The Balaban J connectivity index is 2.05. The molecular formula is C18H22N2O2. The maximum atomic E-state index is 11.6. The van der Waals surface area contributed by atoms with Crippen molar-refractivity contribution in [2.45, 2.75) is 50.9 Å². The Bertz CT molecular complexity index is 653. The number of nitrogens with one attached hydrogen (secondary N) is 1. The van der Waals surface area contributed by atoms with Gasteiger partial charge in [0.2, 0.25) is 0 Å². The van der Waals surface area contributed by atoms with Gasteiger partial charge in [0.25, 0.3) is 0 Å². The van der Waals surface area contributed by atoms with Gasteiger partial charge < -0.3 is 10.1 Å². The molecule has 1 heterocycles. The molecule has 1 aliphatic rings. The molecule has 4 nitrogen and oxygen atoms in total. The highest BCUT2D eigenvalue weighted by molar-refractivity contribution is 5.93. The van der Waals surface area contributed by atoms with Crippen LogP contribution in [0, 0.1) is 0 Å². The number of benzene rings is 1. The van der Waals surface area contributed by atoms with E-state index >= 15 is 0 Å². The molecule has 0 amide bonds. The lowest BCUT2D eigenvalue weighted by Crippen LogP contribution is -2.22. The summed E-state index contributed by atoms with van der Waals surface area (Å²) in [6.45, 7) is 2.21. The standard InChI is InChI=1S/C18H22N2O2/c1-18(11-7-2-3-8-12-18)17-19-14(15(20-17)16(21)22)13-9-5-4-6-10-13/h4-6,9-10H,2-3,7-8,11-12H2,1H3,(H,19,20)(H,21,22). The summed E-state index contributed by atoms with van der Waals surface area (Å²) in [6.07, 6.45) is 7.00. The first-order valence-electron chi connectivity index (χ1n) is 7.99. The third-order valence-corrected chi connectivity index (χ3v) is 4.75. The monoisotopic (exact) mass is 298 g/mol. The second kappa shape index (κ2) is 5.95. The molecule has 4 heteroatoms. The lowest BCUT2D eigenvalue weighted by Gasteiger charge is -2.25. The number of hydrogen-bond donors (Lipinski definition) is 2. The summed E-state index contributed by atoms with van der Waals surface area (Å²) in [4.78, 5) is 19.4. The van der Waals surface area contributed by atoms with Crippen LogP contribution < -0.4 is 0 Å². The predicted molar refractivity (Wildman–Crippen MR) is 86.0 cm³/mol. The molecule has 0 aliphatic heterocycles. The molecule has 0 radical (unpaired) electrons. The van der Waals surface area contributed by atoms with Gasteiger partial charge in [-0.05, 0) is 12.8 Å². The summed E-state index contributed by atoms with van der Waals surface area (Å²) in [5.74, 6) is -0.149. The van der Waals surface area contributed by atoms with Crippen LogP contribution >= 0.6 is 0 Å². The van der Waals surface area contributed by atoms with E-state index in [9.17, 15) is 9.90 Å². The molecule has 1 fully saturated rings. The van der Waals surface area contributed by atoms with E-state index in [4.69, 9.17) is 0 Å². The van der Waals surface area contributed by atoms with Crippen LogP contribution in [0.3, 0.4) is 0 Å². The van der Waals surface area contributed by atoms with Crippen LogP contribution in [-0.4, -0.2) is 21.0 Å². The van der Waals surface area contributed by atoms with Crippen molar-refractivity contribution in [1.29, 1.82) is 0 Å². The van der Waals surface area contributed by atoms with E-state index in [0.29, 0.717) is 5.69 Å². The van der Waals surface area contributed by atoms with Gasteiger partial charge in [0.05, 0.1) is 5.69 Å². The number of imidazole rings is 1. The van der Waals surface area contributed by atoms with Gasteiger partial charge in [-0.15, -0.1) is 0 Å². The van der Waals surface area contributed by atoms with Gasteiger partial charge in [-0.25, -0.2) is 9.78 Å². The minimum absolute atomic E-state index is 0.0479. The normalized spacial score (nSPS) is 17.9. The number of carboxylic acids is 1. The third kappa shape index (κ3) is 2.78. The lowest BCUT2D eigenvalue weighted by molar-refractivity contribution is 0.0691.